The Morgan fingerprint density at radius 3 is 2.73 bits per heavy atom. The van der Waals surface area contributed by atoms with Crippen LogP contribution in [0, 0.1) is 0 Å². The molecule has 1 N–H and O–H groups in total. The first-order valence-corrected chi connectivity index (χ1v) is 10.2. The van der Waals surface area contributed by atoms with Gasteiger partial charge in [0, 0.05) is 31.9 Å². The molecule has 30 heavy (non-hydrogen) atoms. The number of fused-ring (bicyclic) bond motifs is 1. The van der Waals surface area contributed by atoms with Crippen molar-refractivity contribution in [3.8, 4) is 5.75 Å². The Balaban J connectivity index is 1.53. The molecule has 1 amide bonds. The number of rotatable bonds is 7. The fraction of sp³-hybridized carbons (Fsp3) is 0.500. The summed E-state index contributed by atoms with van der Waals surface area (Å²) in [5.74, 6) is 0.712. The zero-order valence-corrected chi connectivity index (χ0v) is 16.9. The van der Waals surface area contributed by atoms with E-state index in [9.17, 15) is 14.4 Å². The van der Waals surface area contributed by atoms with Crippen molar-refractivity contribution in [2.24, 2.45) is 0 Å². The van der Waals surface area contributed by atoms with Gasteiger partial charge in [-0.15, -0.1) is 5.10 Å². The number of hydrogen-bond acceptors (Lipinski definition) is 7. The fourth-order valence-corrected chi connectivity index (χ4v) is 3.69. The predicted octanol–water partition coefficient (Wildman–Crippen LogP) is 0.251. The maximum atomic E-state index is 12.5. The first-order chi connectivity index (χ1) is 14.6. The van der Waals surface area contributed by atoms with Crippen LogP contribution in [0.25, 0.3) is 0 Å². The number of benzene rings is 1. The molecule has 2 aliphatic rings. The summed E-state index contributed by atoms with van der Waals surface area (Å²) in [6.45, 7) is 4.12. The molecular weight excluding hydrogens is 390 g/mol. The lowest BCUT2D eigenvalue weighted by atomic mass is 10.2. The summed E-state index contributed by atoms with van der Waals surface area (Å²) in [6.07, 6.45) is 1.87. The van der Waals surface area contributed by atoms with Gasteiger partial charge in [-0.2, -0.15) is 0 Å². The van der Waals surface area contributed by atoms with Gasteiger partial charge >= 0.3 is 11.1 Å². The van der Waals surface area contributed by atoms with E-state index in [1.54, 1.807) is 0 Å². The molecule has 10 nitrogen and oxygen atoms in total. The van der Waals surface area contributed by atoms with Crippen molar-refractivity contribution in [3.05, 3.63) is 45.0 Å². The van der Waals surface area contributed by atoms with Gasteiger partial charge in [-0.05, 0) is 44.0 Å². The van der Waals surface area contributed by atoms with Gasteiger partial charge in [-0.25, -0.2) is 4.68 Å². The van der Waals surface area contributed by atoms with Crippen LogP contribution in [0.5, 0.6) is 5.75 Å². The molecule has 1 fully saturated rings. The van der Waals surface area contributed by atoms with Gasteiger partial charge in [0.2, 0.25) is 11.9 Å². The Hall–Kier alpha value is -3.14. The molecule has 10 heteroatoms. The minimum absolute atomic E-state index is 0.000530. The molecule has 0 spiro atoms. The van der Waals surface area contributed by atoms with Crippen LogP contribution in [0.3, 0.4) is 0 Å². The van der Waals surface area contributed by atoms with Crippen LogP contribution in [-0.4, -0.2) is 52.7 Å². The van der Waals surface area contributed by atoms with Crippen LogP contribution in [0.4, 0.5) is 11.6 Å². The van der Waals surface area contributed by atoms with Crippen molar-refractivity contribution in [2.75, 3.05) is 31.2 Å². The smallest absolute Gasteiger partial charge is 0.333 e. The van der Waals surface area contributed by atoms with E-state index in [0.717, 1.165) is 29.0 Å². The quantitative estimate of drug-likeness (QED) is 0.646. The highest BCUT2D eigenvalue weighted by Crippen LogP contribution is 2.28. The highest BCUT2D eigenvalue weighted by atomic mass is 16.5. The van der Waals surface area contributed by atoms with E-state index >= 15 is 0 Å². The first kappa shape index (κ1) is 20.1. The van der Waals surface area contributed by atoms with Crippen LogP contribution in [0.15, 0.2) is 33.9 Å². The average molecular weight is 415 g/mol. The van der Waals surface area contributed by atoms with Gasteiger partial charge in [0.15, 0.2) is 0 Å². The summed E-state index contributed by atoms with van der Waals surface area (Å²) in [7, 11) is 0. The maximum Gasteiger partial charge on any atom is 0.333 e. The molecule has 3 heterocycles. The number of carbonyl (C=O) groups is 1. The zero-order chi connectivity index (χ0) is 21.1. The first-order valence-electron chi connectivity index (χ1n) is 10.2. The number of amides is 1. The normalized spacial score (nSPS) is 17.8. The van der Waals surface area contributed by atoms with Crippen molar-refractivity contribution in [1.82, 2.24) is 19.7 Å². The predicted molar refractivity (Wildman–Crippen MR) is 109 cm³/mol. The summed E-state index contributed by atoms with van der Waals surface area (Å²) in [4.78, 5) is 39.1. The zero-order valence-electron chi connectivity index (χ0n) is 16.9. The van der Waals surface area contributed by atoms with Crippen molar-refractivity contribution >= 4 is 17.5 Å². The molecule has 160 valence electrons. The lowest BCUT2D eigenvalue weighted by molar-refractivity contribution is -0.122. The molecule has 0 radical (unpaired) electrons. The molecular formula is C20H25N5O5. The fourth-order valence-electron chi connectivity index (χ4n) is 3.69. The van der Waals surface area contributed by atoms with Crippen LogP contribution in [0.1, 0.15) is 19.8 Å². The van der Waals surface area contributed by atoms with E-state index in [2.05, 4.69) is 10.4 Å². The van der Waals surface area contributed by atoms with Gasteiger partial charge in [0.05, 0.1) is 12.7 Å². The Bertz CT molecular complexity index is 1020. The van der Waals surface area contributed by atoms with E-state index in [1.165, 1.54) is 4.57 Å². The van der Waals surface area contributed by atoms with Gasteiger partial charge in [0.1, 0.15) is 12.3 Å². The highest BCUT2D eigenvalue weighted by molar-refractivity contribution is 5.75. The van der Waals surface area contributed by atoms with E-state index in [4.69, 9.17) is 9.47 Å². The Labute approximate surface area is 173 Å². The van der Waals surface area contributed by atoms with Crippen molar-refractivity contribution in [3.63, 3.8) is 0 Å². The average Bonchev–Trinajstić information content (AvgIpc) is 3.41. The lowest BCUT2D eigenvalue weighted by Gasteiger charge is -2.18. The summed E-state index contributed by atoms with van der Waals surface area (Å²) in [5.41, 5.74) is -0.662. The van der Waals surface area contributed by atoms with Crippen LogP contribution < -0.4 is 26.1 Å². The third-order valence-electron chi connectivity index (χ3n) is 5.21. The third kappa shape index (κ3) is 4.09. The maximum absolute atomic E-state index is 12.5. The number of carbonyl (C=O) groups excluding carboxylic acids is 1. The van der Waals surface area contributed by atoms with Gasteiger partial charge < -0.3 is 19.7 Å². The standard InChI is InChI=1S/C20H25N5O5/c1-2-29-15-7-5-14(6-8-15)23-9-10-24-18(27)19(28)25(22-20(23)24)13-17(26)21-12-16-4-3-11-30-16/h5-8,16H,2-4,9-13H2,1H3,(H,21,26)/t16-/m0/s1. The molecule has 0 aliphatic carbocycles. The molecule has 1 saturated heterocycles. The number of aromatic nitrogens is 3. The minimum Gasteiger partial charge on any atom is -0.494 e. The number of nitrogens with one attached hydrogen (secondary N) is 1. The molecule has 0 unspecified atom stereocenters. The number of nitrogens with zero attached hydrogens (tertiary/aromatic N) is 4. The summed E-state index contributed by atoms with van der Waals surface area (Å²) in [6, 6.07) is 7.43. The second-order valence-electron chi connectivity index (χ2n) is 7.24. The van der Waals surface area contributed by atoms with Crippen molar-refractivity contribution in [2.45, 2.75) is 39.0 Å². The second kappa shape index (κ2) is 8.70. The van der Waals surface area contributed by atoms with Crippen molar-refractivity contribution in [1.29, 1.82) is 0 Å². The van der Waals surface area contributed by atoms with E-state index in [1.807, 2.05) is 36.1 Å². The van der Waals surface area contributed by atoms with Gasteiger partial charge in [-0.3, -0.25) is 19.0 Å². The van der Waals surface area contributed by atoms with E-state index < -0.39 is 11.1 Å². The van der Waals surface area contributed by atoms with Crippen LogP contribution in [0.2, 0.25) is 0 Å². The molecule has 2 aliphatic heterocycles. The summed E-state index contributed by atoms with van der Waals surface area (Å²) in [5, 5.41) is 7.07. The Morgan fingerprint density at radius 1 is 1.23 bits per heavy atom. The molecule has 0 saturated carbocycles. The molecule has 0 bridgehead atoms. The molecule has 1 aromatic carbocycles. The summed E-state index contributed by atoms with van der Waals surface area (Å²) >= 11 is 0. The topological polar surface area (TPSA) is 108 Å². The second-order valence-corrected chi connectivity index (χ2v) is 7.24. The van der Waals surface area contributed by atoms with Crippen LogP contribution >= 0.6 is 0 Å². The Morgan fingerprint density at radius 2 is 2.03 bits per heavy atom. The number of hydrogen-bond donors (Lipinski definition) is 1. The SMILES string of the molecule is CCOc1ccc(N2CCn3c2nn(CC(=O)NC[C@@H]2CCCO2)c(=O)c3=O)cc1. The van der Waals surface area contributed by atoms with Gasteiger partial charge in [0.25, 0.3) is 0 Å². The lowest BCUT2D eigenvalue weighted by Crippen LogP contribution is -2.45. The van der Waals surface area contributed by atoms with E-state index in [0.29, 0.717) is 38.8 Å². The number of ether oxygens (including phenoxy) is 2. The highest BCUT2D eigenvalue weighted by Gasteiger charge is 2.26. The molecule has 4 rings (SSSR count). The third-order valence-corrected chi connectivity index (χ3v) is 5.21. The monoisotopic (exact) mass is 415 g/mol. The minimum atomic E-state index is -0.806. The largest absolute Gasteiger partial charge is 0.494 e. The van der Waals surface area contributed by atoms with E-state index in [-0.39, 0.29) is 18.6 Å². The summed E-state index contributed by atoms with van der Waals surface area (Å²) < 4.78 is 13.2. The molecule has 1 atom stereocenters. The molecule has 2 aromatic rings. The number of anilines is 2. The van der Waals surface area contributed by atoms with Gasteiger partial charge in [-0.1, -0.05) is 0 Å². The van der Waals surface area contributed by atoms with Crippen molar-refractivity contribution < 1.29 is 14.3 Å². The molecule has 1 aromatic heterocycles. The Kier molecular flexibility index (Phi) is 5.84. The van der Waals surface area contributed by atoms with Crippen LogP contribution in [-0.2, 0) is 22.6 Å².